The second-order valence-corrected chi connectivity index (χ2v) is 4.81. The molecule has 0 saturated carbocycles. The maximum atomic E-state index is 11.8. The van der Waals surface area contributed by atoms with Gasteiger partial charge < -0.3 is 19.7 Å². The molecule has 7 heteroatoms. The van der Waals surface area contributed by atoms with Gasteiger partial charge in [0.05, 0.1) is 0 Å². The van der Waals surface area contributed by atoms with Gasteiger partial charge >= 0.3 is 12.1 Å². The Kier molecular flexibility index (Phi) is 5.56. The number of hydrogen-bond acceptors (Lipinski definition) is 5. The predicted octanol–water partition coefficient (Wildman–Crippen LogP) is 0.663. The Hall–Kier alpha value is -1.34. The van der Waals surface area contributed by atoms with E-state index in [4.69, 9.17) is 14.6 Å². The molecule has 1 amide bonds. The van der Waals surface area contributed by atoms with E-state index in [-0.39, 0.29) is 6.42 Å². The first-order valence-electron chi connectivity index (χ1n) is 5.47. The average molecular weight is 263 g/mol. The standard InChI is InChI=1S/C11H21NO6/c1-10(2,3)18-9(16)12(4)11(17-5,6-7-13)8(14)15/h13H,6-7H2,1-5H3,(H,14,15)/t11-/m1/s1. The Labute approximate surface area is 106 Å². The molecule has 0 aromatic heterocycles. The summed E-state index contributed by atoms with van der Waals surface area (Å²) in [6.07, 6.45) is -1.09. The van der Waals surface area contributed by atoms with Gasteiger partial charge in [-0.1, -0.05) is 0 Å². The number of carbonyl (C=O) groups excluding carboxylic acids is 1. The van der Waals surface area contributed by atoms with Crippen LogP contribution >= 0.6 is 0 Å². The number of amides is 1. The van der Waals surface area contributed by atoms with Gasteiger partial charge in [-0.3, -0.25) is 4.90 Å². The van der Waals surface area contributed by atoms with Gasteiger partial charge in [0.2, 0.25) is 5.72 Å². The van der Waals surface area contributed by atoms with Crippen LogP contribution in [0, 0.1) is 0 Å². The van der Waals surface area contributed by atoms with Gasteiger partial charge in [0.1, 0.15) is 5.60 Å². The van der Waals surface area contributed by atoms with Gasteiger partial charge in [0.25, 0.3) is 0 Å². The lowest BCUT2D eigenvalue weighted by molar-refractivity contribution is -0.188. The molecule has 0 fully saturated rings. The molecule has 0 rings (SSSR count). The largest absolute Gasteiger partial charge is 0.478 e. The van der Waals surface area contributed by atoms with Crippen LogP contribution in [0.2, 0.25) is 0 Å². The molecule has 0 aromatic carbocycles. The van der Waals surface area contributed by atoms with Crippen molar-refractivity contribution in [3.05, 3.63) is 0 Å². The molecule has 0 bridgehead atoms. The summed E-state index contributed by atoms with van der Waals surface area (Å²) in [7, 11) is 2.41. The number of nitrogens with zero attached hydrogens (tertiary/aromatic N) is 1. The zero-order valence-electron chi connectivity index (χ0n) is 11.4. The minimum atomic E-state index is -1.93. The lowest BCUT2D eigenvalue weighted by atomic mass is 10.1. The van der Waals surface area contributed by atoms with Crippen molar-refractivity contribution in [2.45, 2.75) is 38.5 Å². The highest BCUT2D eigenvalue weighted by Crippen LogP contribution is 2.22. The molecule has 18 heavy (non-hydrogen) atoms. The smallest absolute Gasteiger partial charge is 0.412 e. The summed E-state index contributed by atoms with van der Waals surface area (Å²) in [5.41, 5.74) is -2.68. The van der Waals surface area contributed by atoms with E-state index in [0.29, 0.717) is 0 Å². The van der Waals surface area contributed by atoms with Gasteiger partial charge in [0, 0.05) is 27.2 Å². The second kappa shape index (κ2) is 6.01. The molecule has 0 unspecified atom stereocenters. The summed E-state index contributed by atoms with van der Waals surface area (Å²) in [5.74, 6) is -1.37. The van der Waals surface area contributed by atoms with Gasteiger partial charge in [-0.2, -0.15) is 0 Å². The van der Waals surface area contributed by atoms with Crippen molar-refractivity contribution < 1.29 is 29.3 Å². The van der Waals surface area contributed by atoms with Crippen LogP contribution in [0.4, 0.5) is 4.79 Å². The van der Waals surface area contributed by atoms with Crippen LogP contribution in [0.5, 0.6) is 0 Å². The van der Waals surface area contributed by atoms with Crippen LogP contribution in [0.25, 0.3) is 0 Å². The molecule has 0 aromatic rings. The van der Waals surface area contributed by atoms with Crippen LogP contribution < -0.4 is 0 Å². The van der Waals surface area contributed by atoms with Gasteiger partial charge in [-0.15, -0.1) is 0 Å². The zero-order chi connectivity index (χ0) is 14.6. The third-order valence-corrected chi connectivity index (χ3v) is 2.33. The maximum Gasteiger partial charge on any atom is 0.412 e. The molecule has 0 aliphatic heterocycles. The molecule has 0 saturated heterocycles. The minimum absolute atomic E-state index is 0.255. The van der Waals surface area contributed by atoms with Crippen molar-refractivity contribution in [1.82, 2.24) is 4.90 Å². The number of aliphatic hydroxyl groups is 1. The van der Waals surface area contributed by atoms with Crippen molar-refractivity contribution in [3.8, 4) is 0 Å². The molecule has 0 spiro atoms. The predicted molar refractivity (Wildman–Crippen MR) is 63.1 cm³/mol. The van der Waals surface area contributed by atoms with E-state index in [0.717, 1.165) is 12.0 Å². The van der Waals surface area contributed by atoms with Crippen molar-refractivity contribution in [2.24, 2.45) is 0 Å². The van der Waals surface area contributed by atoms with E-state index in [1.807, 2.05) is 0 Å². The lowest BCUT2D eigenvalue weighted by Crippen LogP contribution is -2.58. The summed E-state index contributed by atoms with van der Waals surface area (Å²) >= 11 is 0. The third kappa shape index (κ3) is 3.85. The Morgan fingerprint density at radius 3 is 2.06 bits per heavy atom. The van der Waals surface area contributed by atoms with E-state index >= 15 is 0 Å². The topological polar surface area (TPSA) is 96.3 Å². The van der Waals surface area contributed by atoms with Crippen LogP contribution in [0.3, 0.4) is 0 Å². The molecule has 0 aliphatic rings. The minimum Gasteiger partial charge on any atom is -0.478 e. The summed E-state index contributed by atoms with van der Waals surface area (Å²) < 4.78 is 9.97. The van der Waals surface area contributed by atoms with Crippen molar-refractivity contribution >= 4 is 12.1 Å². The Bertz CT molecular complexity index is 311. The number of rotatable bonds is 5. The van der Waals surface area contributed by atoms with Crippen LogP contribution in [0.15, 0.2) is 0 Å². The maximum absolute atomic E-state index is 11.8. The number of carbonyl (C=O) groups is 2. The average Bonchev–Trinajstić information content (AvgIpc) is 2.22. The number of ether oxygens (including phenoxy) is 2. The highest BCUT2D eigenvalue weighted by atomic mass is 16.6. The van der Waals surface area contributed by atoms with E-state index in [1.54, 1.807) is 20.8 Å². The summed E-state index contributed by atoms with van der Waals surface area (Å²) in [6.45, 7) is 4.56. The Balaban J connectivity index is 5.13. The first kappa shape index (κ1) is 16.7. The van der Waals surface area contributed by atoms with Gasteiger partial charge in [-0.05, 0) is 20.8 Å². The molecular weight excluding hydrogens is 242 g/mol. The molecule has 0 aliphatic carbocycles. The van der Waals surface area contributed by atoms with Crippen LogP contribution in [-0.4, -0.2) is 59.3 Å². The second-order valence-electron chi connectivity index (χ2n) is 4.81. The number of likely N-dealkylation sites (N-methyl/N-ethyl adjacent to an activating group) is 1. The fourth-order valence-corrected chi connectivity index (χ4v) is 1.37. The molecular formula is C11H21NO6. The molecule has 7 nitrogen and oxygen atoms in total. The zero-order valence-corrected chi connectivity index (χ0v) is 11.4. The molecule has 1 atom stereocenters. The Morgan fingerprint density at radius 1 is 1.28 bits per heavy atom. The number of methoxy groups -OCH3 is 1. The first-order valence-corrected chi connectivity index (χ1v) is 5.47. The van der Waals surface area contributed by atoms with Crippen LogP contribution in [0.1, 0.15) is 27.2 Å². The van der Waals surface area contributed by atoms with Gasteiger partial charge in [-0.25, -0.2) is 9.59 Å². The Morgan fingerprint density at radius 2 is 1.78 bits per heavy atom. The number of carboxylic acid groups (broad SMARTS) is 1. The highest BCUT2D eigenvalue weighted by Gasteiger charge is 2.46. The van der Waals surface area contributed by atoms with Gasteiger partial charge in [0.15, 0.2) is 0 Å². The van der Waals surface area contributed by atoms with E-state index in [2.05, 4.69) is 0 Å². The van der Waals surface area contributed by atoms with Crippen LogP contribution in [-0.2, 0) is 14.3 Å². The van der Waals surface area contributed by atoms with E-state index in [1.165, 1.54) is 7.05 Å². The molecule has 2 N–H and O–H groups in total. The number of aliphatic hydroxyl groups excluding tert-OH is 1. The molecule has 0 radical (unpaired) electrons. The fraction of sp³-hybridized carbons (Fsp3) is 0.818. The van der Waals surface area contributed by atoms with Crippen molar-refractivity contribution in [1.29, 1.82) is 0 Å². The van der Waals surface area contributed by atoms with Crippen molar-refractivity contribution in [3.63, 3.8) is 0 Å². The first-order chi connectivity index (χ1) is 8.10. The number of hydrogen-bond donors (Lipinski definition) is 2. The highest BCUT2D eigenvalue weighted by molar-refractivity contribution is 5.82. The SMILES string of the molecule is CO[C@](CCO)(C(=O)O)N(C)C(=O)OC(C)(C)C. The van der Waals surface area contributed by atoms with Crippen molar-refractivity contribution in [2.75, 3.05) is 20.8 Å². The number of aliphatic carboxylic acids is 1. The normalized spacial score (nSPS) is 14.8. The molecule has 106 valence electrons. The quantitative estimate of drug-likeness (QED) is 0.707. The summed E-state index contributed by atoms with van der Waals surface area (Å²) in [6, 6.07) is 0. The third-order valence-electron chi connectivity index (χ3n) is 2.33. The number of carboxylic acids is 1. The monoisotopic (exact) mass is 263 g/mol. The lowest BCUT2D eigenvalue weighted by Gasteiger charge is -2.37. The van der Waals surface area contributed by atoms with E-state index < -0.39 is 30.0 Å². The summed E-state index contributed by atoms with van der Waals surface area (Å²) in [5, 5.41) is 18.1. The molecule has 0 heterocycles. The summed E-state index contributed by atoms with van der Waals surface area (Å²) in [4.78, 5) is 23.9. The fourth-order valence-electron chi connectivity index (χ4n) is 1.37. The van der Waals surface area contributed by atoms with E-state index in [9.17, 15) is 14.7 Å².